The van der Waals surface area contributed by atoms with Gasteiger partial charge in [0.15, 0.2) is 0 Å². The van der Waals surface area contributed by atoms with Crippen LogP contribution in [0.5, 0.6) is 5.75 Å². The lowest BCUT2D eigenvalue weighted by atomic mass is 9.73. The summed E-state index contributed by atoms with van der Waals surface area (Å²) in [6, 6.07) is 12.3. The Labute approximate surface area is 237 Å². The van der Waals surface area contributed by atoms with Gasteiger partial charge in [-0.15, -0.1) is 11.3 Å². The van der Waals surface area contributed by atoms with Crippen LogP contribution in [0.3, 0.4) is 0 Å². The Morgan fingerprint density at radius 1 is 1.23 bits per heavy atom. The number of aromatic nitrogens is 3. The average molecular weight is 568 g/mol. The molecule has 0 spiro atoms. The molecule has 0 radical (unpaired) electrons. The minimum absolute atomic E-state index is 0.0882. The van der Waals surface area contributed by atoms with Crippen LogP contribution in [-0.4, -0.2) is 42.5 Å². The van der Waals surface area contributed by atoms with Gasteiger partial charge in [-0.25, -0.2) is 9.29 Å². The molecule has 1 unspecified atom stereocenters. The van der Waals surface area contributed by atoms with E-state index in [2.05, 4.69) is 37.2 Å². The summed E-state index contributed by atoms with van der Waals surface area (Å²) in [5.41, 5.74) is 3.85. The molecule has 39 heavy (non-hydrogen) atoms. The molecular weight excluding hydrogens is 530 g/mol. The van der Waals surface area contributed by atoms with Crippen molar-refractivity contribution in [2.45, 2.75) is 78.0 Å². The highest BCUT2D eigenvalue weighted by Crippen LogP contribution is 2.46. The van der Waals surface area contributed by atoms with E-state index in [9.17, 15) is 9.90 Å². The first-order valence-corrected chi connectivity index (χ1v) is 15.0. The monoisotopic (exact) mass is 567 g/mol. The molecule has 0 aliphatic carbocycles. The molecule has 0 amide bonds. The second-order valence-electron chi connectivity index (χ2n) is 10.7. The first-order chi connectivity index (χ1) is 18.6. The number of ether oxygens (including phenoxy) is 1. The van der Waals surface area contributed by atoms with E-state index in [1.54, 1.807) is 41.9 Å². The van der Waals surface area contributed by atoms with E-state index in [1.807, 2.05) is 35.9 Å². The summed E-state index contributed by atoms with van der Waals surface area (Å²) in [6.45, 7) is 14.1. The maximum Gasteiger partial charge on any atom is 0.310 e. The number of carboxylic acids is 1. The van der Waals surface area contributed by atoms with E-state index >= 15 is 0 Å². The second kappa shape index (κ2) is 10.6. The molecule has 0 saturated carbocycles. The zero-order valence-electron chi connectivity index (χ0n) is 23.4. The molecular formula is C29H37N5O3S2. The minimum atomic E-state index is -1.08. The van der Waals surface area contributed by atoms with Crippen molar-refractivity contribution in [2.75, 3.05) is 12.4 Å². The van der Waals surface area contributed by atoms with E-state index in [-0.39, 0.29) is 6.10 Å². The van der Waals surface area contributed by atoms with Gasteiger partial charge in [0.1, 0.15) is 22.4 Å². The molecule has 0 saturated heterocycles. The Balaban J connectivity index is 1.53. The molecule has 8 nitrogen and oxygen atoms in total. The number of hydrogen-bond donors (Lipinski definition) is 2. The van der Waals surface area contributed by atoms with Crippen molar-refractivity contribution >= 4 is 40.3 Å². The number of nitrogen functional groups attached to an aromatic ring is 1. The largest absolute Gasteiger partial charge is 0.488 e. The highest BCUT2D eigenvalue weighted by atomic mass is 32.2. The summed E-state index contributed by atoms with van der Waals surface area (Å²) < 4.78 is 10.6. The standard InChI is InChI=1S/C29H37N5O3S2/c1-7-19-15-32(39-24-12-10-9-11-23(24)37-19)16-21-18(4)38-27(31-21)25(29(5,6)28(35)36)20-13-14-22-26(17(20)3)34(30)33(22)8-2/h9-14,19,25H,7-8,15-16,30H2,1-6H3,(H,35,36)/t19-,25?/m1/s1. The first kappa shape index (κ1) is 27.6. The quantitative estimate of drug-likeness (QED) is 0.194. The van der Waals surface area contributed by atoms with Crippen molar-refractivity contribution in [1.29, 1.82) is 0 Å². The van der Waals surface area contributed by atoms with Crippen LogP contribution in [0, 0.1) is 19.3 Å². The van der Waals surface area contributed by atoms with Gasteiger partial charge in [0.2, 0.25) is 0 Å². The Kier molecular flexibility index (Phi) is 7.47. The number of nitrogens with zero attached hydrogens (tertiary/aromatic N) is 4. The summed E-state index contributed by atoms with van der Waals surface area (Å²) >= 11 is 3.29. The summed E-state index contributed by atoms with van der Waals surface area (Å²) in [5.74, 6) is 5.97. The maximum atomic E-state index is 12.6. The molecule has 1 aliphatic heterocycles. The lowest BCUT2D eigenvalue weighted by Crippen LogP contribution is -2.34. The molecule has 10 heteroatoms. The SMILES string of the molecule is CC[C@@H]1CN(Cc2nc(C(c3ccc4c(c3C)n(N)n4CC)C(C)(C)C(=O)O)sc2C)Sc2ccccc2O1. The fraction of sp³-hybridized carbons (Fsp3) is 0.448. The molecule has 0 fully saturated rings. The van der Waals surface area contributed by atoms with Gasteiger partial charge >= 0.3 is 5.97 Å². The molecule has 3 N–H and O–H groups in total. The van der Waals surface area contributed by atoms with E-state index in [0.29, 0.717) is 6.54 Å². The predicted molar refractivity (Wildman–Crippen MR) is 158 cm³/mol. The third-order valence-electron chi connectivity index (χ3n) is 7.82. The van der Waals surface area contributed by atoms with E-state index in [1.165, 1.54) is 0 Å². The van der Waals surface area contributed by atoms with Gasteiger partial charge in [0, 0.05) is 18.0 Å². The molecule has 2 aromatic heterocycles. The van der Waals surface area contributed by atoms with Crippen molar-refractivity contribution in [3.63, 3.8) is 0 Å². The van der Waals surface area contributed by atoms with Gasteiger partial charge in [-0.3, -0.25) is 9.48 Å². The van der Waals surface area contributed by atoms with Gasteiger partial charge in [0.05, 0.1) is 34.0 Å². The van der Waals surface area contributed by atoms with Crippen LogP contribution in [-0.2, 0) is 17.9 Å². The van der Waals surface area contributed by atoms with E-state index < -0.39 is 17.3 Å². The van der Waals surface area contributed by atoms with Crippen LogP contribution in [0.4, 0.5) is 0 Å². The number of thiazole rings is 1. The van der Waals surface area contributed by atoms with Crippen molar-refractivity contribution in [1.82, 2.24) is 18.8 Å². The summed E-state index contributed by atoms with van der Waals surface area (Å²) in [7, 11) is 0. The van der Waals surface area contributed by atoms with Gasteiger partial charge < -0.3 is 15.7 Å². The van der Waals surface area contributed by atoms with Crippen LogP contribution in [0.15, 0.2) is 41.3 Å². The Morgan fingerprint density at radius 3 is 2.67 bits per heavy atom. The molecule has 1 aliphatic rings. The minimum Gasteiger partial charge on any atom is -0.488 e. The van der Waals surface area contributed by atoms with Gasteiger partial charge in [0.25, 0.3) is 0 Å². The fourth-order valence-corrected chi connectivity index (χ4v) is 7.71. The van der Waals surface area contributed by atoms with E-state index in [4.69, 9.17) is 15.6 Å². The van der Waals surface area contributed by atoms with Crippen LogP contribution >= 0.6 is 23.3 Å². The number of aliphatic carboxylic acids is 1. The predicted octanol–water partition coefficient (Wildman–Crippen LogP) is 6.17. The molecule has 3 heterocycles. The number of carboxylic acid groups (broad SMARTS) is 1. The lowest BCUT2D eigenvalue weighted by molar-refractivity contribution is -0.147. The number of nitrogens with two attached hydrogens (primary N) is 1. The Bertz CT molecular complexity index is 1520. The normalized spacial score (nSPS) is 17.1. The number of aryl methyl sites for hydroxylation is 3. The zero-order chi connectivity index (χ0) is 28.1. The molecule has 5 rings (SSSR count). The second-order valence-corrected chi connectivity index (χ2v) is 13.1. The topological polar surface area (TPSA) is 98.5 Å². The summed E-state index contributed by atoms with van der Waals surface area (Å²) in [5, 5.41) is 11.1. The number of rotatable bonds is 8. The van der Waals surface area contributed by atoms with Crippen LogP contribution in [0.25, 0.3) is 11.0 Å². The molecule has 2 aromatic carbocycles. The Hall–Kier alpha value is -2.95. The highest BCUT2D eigenvalue weighted by Gasteiger charge is 2.42. The molecule has 2 atom stereocenters. The fourth-order valence-electron chi connectivity index (χ4n) is 5.42. The van der Waals surface area contributed by atoms with Crippen molar-refractivity contribution in [3.05, 3.63) is 63.1 Å². The molecule has 4 aromatic rings. The average Bonchev–Trinajstić information content (AvgIpc) is 3.13. The third-order valence-corrected chi connectivity index (χ3v) is 9.97. The smallest absolute Gasteiger partial charge is 0.310 e. The van der Waals surface area contributed by atoms with Crippen molar-refractivity contribution < 1.29 is 14.6 Å². The third kappa shape index (κ3) is 4.83. The van der Waals surface area contributed by atoms with Gasteiger partial charge in [-0.2, -0.15) is 4.79 Å². The van der Waals surface area contributed by atoms with Gasteiger partial charge in [-0.05, 0) is 82.3 Å². The number of benzene rings is 2. The number of fused-ring (bicyclic) bond motifs is 2. The maximum absolute atomic E-state index is 12.6. The van der Waals surface area contributed by atoms with Crippen molar-refractivity contribution in [2.24, 2.45) is 5.41 Å². The summed E-state index contributed by atoms with van der Waals surface area (Å²) in [6.07, 6.45) is 0.998. The first-order valence-electron chi connectivity index (χ1n) is 13.4. The van der Waals surface area contributed by atoms with Crippen molar-refractivity contribution in [3.8, 4) is 5.75 Å². The van der Waals surface area contributed by atoms with Gasteiger partial charge in [-0.1, -0.05) is 25.1 Å². The van der Waals surface area contributed by atoms with Crippen LogP contribution in [0.1, 0.15) is 66.7 Å². The van der Waals surface area contributed by atoms with Crippen LogP contribution in [0.2, 0.25) is 0 Å². The highest BCUT2D eigenvalue weighted by molar-refractivity contribution is 7.97. The Morgan fingerprint density at radius 2 is 1.97 bits per heavy atom. The zero-order valence-corrected chi connectivity index (χ0v) is 25.0. The van der Waals surface area contributed by atoms with Crippen LogP contribution < -0.4 is 10.6 Å². The lowest BCUT2D eigenvalue weighted by Gasteiger charge is -2.32. The van der Waals surface area contributed by atoms with E-state index in [0.717, 1.165) is 67.9 Å². The number of carbonyl (C=O) groups is 1. The number of para-hydroxylation sites is 1. The number of hydrogen-bond acceptors (Lipinski definition) is 7. The summed E-state index contributed by atoms with van der Waals surface area (Å²) in [4.78, 5) is 21.6. The molecule has 0 bridgehead atoms. The molecule has 208 valence electrons.